The summed E-state index contributed by atoms with van der Waals surface area (Å²) in [6.07, 6.45) is 0. The first-order chi connectivity index (χ1) is 15.5. The molecule has 0 unspecified atom stereocenters. The molecule has 1 aromatic heterocycles. The van der Waals surface area contributed by atoms with Gasteiger partial charge < -0.3 is 14.8 Å². The lowest BCUT2D eigenvalue weighted by Gasteiger charge is -2.14. The third-order valence-corrected chi connectivity index (χ3v) is 6.43. The van der Waals surface area contributed by atoms with Crippen molar-refractivity contribution in [3.05, 3.63) is 77.3 Å². The fourth-order valence-corrected chi connectivity index (χ4v) is 4.37. The maximum Gasteiger partial charge on any atom is 0.263 e. The third kappa shape index (κ3) is 4.12. The van der Waals surface area contributed by atoms with Crippen LogP contribution >= 0.6 is 11.6 Å². The number of para-hydroxylation sites is 2. The Hall–Kier alpha value is -3.56. The molecule has 0 aliphatic carbocycles. The van der Waals surface area contributed by atoms with Crippen molar-refractivity contribution in [3.63, 3.8) is 0 Å². The van der Waals surface area contributed by atoms with Crippen LogP contribution in [0.2, 0.25) is 5.02 Å². The highest BCUT2D eigenvalue weighted by atomic mass is 35.5. The van der Waals surface area contributed by atoms with Gasteiger partial charge in [-0.25, -0.2) is 18.4 Å². The Labute approximate surface area is 189 Å². The second kappa shape index (κ2) is 8.18. The SMILES string of the molecule is O=S(=O)(Nc1nc2ccccc2nc1NCc1ccc2c(c1)OCO2)c1ccc(Cl)cc1. The molecule has 0 atom stereocenters. The number of ether oxygens (including phenoxy) is 2. The summed E-state index contributed by atoms with van der Waals surface area (Å²) in [7, 11) is -3.90. The average Bonchev–Trinajstić information content (AvgIpc) is 3.25. The number of nitrogens with zero attached hydrogens (tertiary/aromatic N) is 2. The van der Waals surface area contributed by atoms with Gasteiger partial charge in [-0.15, -0.1) is 0 Å². The predicted octanol–water partition coefficient (Wildman–Crippen LogP) is 4.42. The van der Waals surface area contributed by atoms with Gasteiger partial charge in [-0.05, 0) is 54.1 Å². The number of hydrogen-bond acceptors (Lipinski definition) is 7. The Kier molecular flexibility index (Phi) is 5.20. The number of anilines is 2. The number of aromatic nitrogens is 2. The summed E-state index contributed by atoms with van der Waals surface area (Å²) < 4.78 is 39.1. The van der Waals surface area contributed by atoms with Crippen LogP contribution in [0.25, 0.3) is 11.0 Å². The molecular weight excluding hydrogens is 452 g/mol. The standard InChI is InChI=1S/C22H17ClN4O4S/c23-15-6-8-16(9-7-15)32(28,29)27-22-21(25-17-3-1-2-4-18(17)26-22)24-12-14-5-10-19-20(11-14)31-13-30-19/h1-11H,12-13H2,(H,24,25)(H,26,27). The highest BCUT2D eigenvalue weighted by Gasteiger charge is 2.19. The van der Waals surface area contributed by atoms with Gasteiger partial charge in [0.1, 0.15) is 0 Å². The molecule has 0 radical (unpaired) electrons. The minimum Gasteiger partial charge on any atom is -0.454 e. The van der Waals surface area contributed by atoms with Gasteiger partial charge in [0.05, 0.1) is 15.9 Å². The fourth-order valence-electron chi connectivity index (χ4n) is 3.23. The smallest absolute Gasteiger partial charge is 0.263 e. The average molecular weight is 469 g/mol. The van der Waals surface area contributed by atoms with Crippen LogP contribution in [-0.2, 0) is 16.6 Å². The van der Waals surface area contributed by atoms with Gasteiger partial charge in [-0.3, -0.25) is 4.72 Å². The van der Waals surface area contributed by atoms with Crippen molar-refractivity contribution in [2.45, 2.75) is 11.4 Å². The van der Waals surface area contributed by atoms with Crippen LogP contribution in [0.4, 0.5) is 11.6 Å². The molecule has 3 aromatic carbocycles. The lowest BCUT2D eigenvalue weighted by Crippen LogP contribution is -2.16. The lowest BCUT2D eigenvalue weighted by atomic mass is 10.2. The highest BCUT2D eigenvalue weighted by Crippen LogP contribution is 2.33. The van der Waals surface area contributed by atoms with Gasteiger partial charge in [0.2, 0.25) is 6.79 Å². The lowest BCUT2D eigenvalue weighted by molar-refractivity contribution is 0.174. The first-order valence-electron chi connectivity index (χ1n) is 9.65. The van der Waals surface area contributed by atoms with E-state index >= 15 is 0 Å². The minimum absolute atomic E-state index is 0.0681. The molecule has 32 heavy (non-hydrogen) atoms. The van der Waals surface area contributed by atoms with Crippen LogP contribution in [0.5, 0.6) is 11.5 Å². The first kappa shape index (κ1) is 20.3. The topological polar surface area (TPSA) is 102 Å². The third-order valence-electron chi connectivity index (χ3n) is 4.82. The Balaban J connectivity index is 1.47. The van der Waals surface area contributed by atoms with Gasteiger partial charge in [0.25, 0.3) is 10.0 Å². The highest BCUT2D eigenvalue weighted by molar-refractivity contribution is 7.92. The summed E-state index contributed by atoms with van der Waals surface area (Å²) in [5.41, 5.74) is 2.11. The molecule has 0 saturated carbocycles. The molecule has 1 aliphatic heterocycles. The summed E-state index contributed by atoms with van der Waals surface area (Å²) in [6.45, 7) is 0.568. The molecule has 0 bridgehead atoms. The van der Waals surface area contributed by atoms with E-state index in [9.17, 15) is 8.42 Å². The van der Waals surface area contributed by atoms with E-state index in [1.807, 2.05) is 36.4 Å². The van der Waals surface area contributed by atoms with Gasteiger partial charge in [-0.2, -0.15) is 0 Å². The second-order valence-corrected chi connectivity index (χ2v) is 9.13. The van der Waals surface area contributed by atoms with Crippen molar-refractivity contribution < 1.29 is 17.9 Å². The number of nitrogens with one attached hydrogen (secondary N) is 2. The zero-order valence-electron chi connectivity index (χ0n) is 16.6. The summed E-state index contributed by atoms with van der Waals surface area (Å²) in [5.74, 6) is 1.76. The van der Waals surface area contributed by atoms with Crippen molar-refractivity contribution >= 4 is 44.3 Å². The van der Waals surface area contributed by atoms with Crippen LogP contribution in [0.1, 0.15) is 5.56 Å². The van der Waals surface area contributed by atoms with Gasteiger partial charge in [-0.1, -0.05) is 29.8 Å². The summed E-state index contributed by atoms with van der Waals surface area (Å²) in [6, 6.07) is 18.7. The Morgan fingerprint density at radius 2 is 1.56 bits per heavy atom. The molecule has 0 saturated heterocycles. The zero-order valence-corrected chi connectivity index (χ0v) is 18.2. The van der Waals surface area contributed by atoms with Gasteiger partial charge >= 0.3 is 0 Å². The number of hydrogen-bond donors (Lipinski definition) is 2. The summed E-state index contributed by atoms with van der Waals surface area (Å²) >= 11 is 5.88. The normalized spacial score (nSPS) is 12.7. The predicted molar refractivity (Wildman–Crippen MR) is 122 cm³/mol. The molecular formula is C22H17ClN4O4S. The van der Waals surface area contributed by atoms with Crippen LogP contribution in [0.15, 0.2) is 71.6 Å². The molecule has 5 rings (SSSR count). The molecule has 1 aliphatic rings. The number of halogens is 1. The molecule has 2 N–H and O–H groups in total. The van der Waals surface area contributed by atoms with E-state index in [1.165, 1.54) is 24.3 Å². The minimum atomic E-state index is -3.90. The van der Waals surface area contributed by atoms with Crippen molar-refractivity contribution in [1.29, 1.82) is 0 Å². The van der Waals surface area contributed by atoms with Crippen LogP contribution < -0.4 is 19.5 Å². The largest absolute Gasteiger partial charge is 0.454 e. The summed E-state index contributed by atoms with van der Waals surface area (Å²) in [4.78, 5) is 9.13. The Morgan fingerprint density at radius 1 is 0.875 bits per heavy atom. The summed E-state index contributed by atoms with van der Waals surface area (Å²) in [5, 5.41) is 3.62. The van der Waals surface area contributed by atoms with Crippen molar-refractivity contribution in [2.24, 2.45) is 0 Å². The van der Waals surface area contributed by atoms with E-state index in [1.54, 1.807) is 6.07 Å². The molecule has 162 valence electrons. The van der Waals surface area contributed by atoms with Crippen molar-refractivity contribution in [2.75, 3.05) is 16.8 Å². The van der Waals surface area contributed by atoms with Gasteiger partial charge in [0, 0.05) is 11.6 Å². The maximum atomic E-state index is 12.9. The molecule has 8 nitrogen and oxygen atoms in total. The number of benzene rings is 3. The van der Waals surface area contributed by atoms with E-state index in [0.29, 0.717) is 39.9 Å². The van der Waals surface area contributed by atoms with Gasteiger partial charge in [0.15, 0.2) is 23.1 Å². The van der Waals surface area contributed by atoms with E-state index in [2.05, 4.69) is 20.0 Å². The van der Waals surface area contributed by atoms with E-state index in [4.69, 9.17) is 21.1 Å². The van der Waals surface area contributed by atoms with Crippen molar-refractivity contribution in [1.82, 2.24) is 9.97 Å². The van der Waals surface area contributed by atoms with E-state index in [-0.39, 0.29) is 17.5 Å². The van der Waals surface area contributed by atoms with Crippen LogP contribution in [0, 0.1) is 0 Å². The molecule has 0 spiro atoms. The zero-order chi connectivity index (χ0) is 22.1. The van der Waals surface area contributed by atoms with Crippen LogP contribution in [0.3, 0.4) is 0 Å². The maximum absolute atomic E-state index is 12.9. The molecule has 0 amide bonds. The Morgan fingerprint density at radius 3 is 2.31 bits per heavy atom. The fraction of sp³-hybridized carbons (Fsp3) is 0.0909. The van der Waals surface area contributed by atoms with E-state index in [0.717, 1.165) is 5.56 Å². The quantitative estimate of drug-likeness (QED) is 0.431. The molecule has 10 heteroatoms. The monoisotopic (exact) mass is 468 g/mol. The molecule has 0 fully saturated rings. The second-order valence-electron chi connectivity index (χ2n) is 7.01. The molecule has 4 aromatic rings. The first-order valence-corrected chi connectivity index (χ1v) is 11.5. The number of fused-ring (bicyclic) bond motifs is 2. The van der Waals surface area contributed by atoms with E-state index < -0.39 is 10.0 Å². The number of sulfonamides is 1. The number of rotatable bonds is 6. The van der Waals surface area contributed by atoms with Crippen molar-refractivity contribution in [3.8, 4) is 11.5 Å². The van der Waals surface area contributed by atoms with Crippen LogP contribution in [-0.4, -0.2) is 25.2 Å². The Bertz CT molecular complexity index is 1410. The molecule has 2 heterocycles.